The molecular formula is C19H26N2O2. The summed E-state index contributed by atoms with van der Waals surface area (Å²) in [6, 6.07) is 7.94. The Morgan fingerprint density at radius 3 is 2.48 bits per heavy atom. The number of rotatable bonds is 3. The first-order valence-electron chi connectivity index (χ1n) is 8.60. The molecule has 1 saturated carbocycles. The molecule has 2 amide bonds. The molecule has 4 heteroatoms. The van der Waals surface area contributed by atoms with Gasteiger partial charge in [-0.2, -0.15) is 0 Å². The third-order valence-corrected chi connectivity index (χ3v) is 6.22. The fraction of sp³-hybridized carbons (Fsp3) is 0.579. The predicted molar refractivity (Wildman–Crippen MR) is 91.0 cm³/mol. The van der Waals surface area contributed by atoms with Crippen LogP contribution in [-0.2, 0) is 16.0 Å². The minimum Gasteiger partial charge on any atom is -0.369 e. The number of carbonyl (C=O) groups excluding carboxylic acids is 2. The number of fused-ring (bicyclic) bond motifs is 1. The Bertz CT molecular complexity index is 634. The number of anilines is 1. The average Bonchev–Trinajstić information content (AvgIpc) is 2.97. The third kappa shape index (κ3) is 2.35. The summed E-state index contributed by atoms with van der Waals surface area (Å²) < 4.78 is 0. The molecule has 0 spiro atoms. The van der Waals surface area contributed by atoms with E-state index >= 15 is 0 Å². The topological polar surface area (TPSA) is 63.4 Å². The highest BCUT2D eigenvalue weighted by atomic mass is 16.2. The first kappa shape index (κ1) is 16.0. The number of amides is 2. The van der Waals surface area contributed by atoms with Crippen molar-refractivity contribution in [1.82, 2.24) is 0 Å². The molecule has 0 radical (unpaired) electrons. The van der Waals surface area contributed by atoms with E-state index in [0.717, 1.165) is 37.8 Å². The molecule has 2 N–H and O–H groups in total. The Hall–Kier alpha value is -1.84. The molecule has 1 fully saturated rings. The van der Waals surface area contributed by atoms with Crippen molar-refractivity contribution in [3.63, 3.8) is 0 Å². The van der Waals surface area contributed by atoms with E-state index in [-0.39, 0.29) is 11.3 Å². The predicted octanol–water partition coefficient (Wildman–Crippen LogP) is 3.04. The van der Waals surface area contributed by atoms with Crippen LogP contribution in [-0.4, -0.2) is 18.4 Å². The zero-order valence-corrected chi connectivity index (χ0v) is 14.1. The van der Waals surface area contributed by atoms with Gasteiger partial charge in [-0.3, -0.25) is 9.59 Å². The molecular weight excluding hydrogens is 288 g/mol. The molecule has 1 aliphatic carbocycles. The second-order valence-electron chi connectivity index (χ2n) is 7.45. The van der Waals surface area contributed by atoms with Crippen molar-refractivity contribution in [2.75, 3.05) is 11.4 Å². The minimum absolute atomic E-state index is 0.126. The highest BCUT2D eigenvalue weighted by molar-refractivity contribution is 6.12. The smallest absolute Gasteiger partial charge is 0.242 e. The van der Waals surface area contributed by atoms with E-state index in [2.05, 4.69) is 6.92 Å². The molecule has 0 aromatic heterocycles. The van der Waals surface area contributed by atoms with Crippen molar-refractivity contribution >= 4 is 17.5 Å². The quantitative estimate of drug-likeness (QED) is 0.872. The SMILES string of the molecule is CC1(C(C)(C(N)=O)C(=O)N2CCc3ccccc32)CCCCC1. The monoisotopic (exact) mass is 314 g/mol. The van der Waals surface area contributed by atoms with Crippen LogP contribution in [0.3, 0.4) is 0 Å². The maximum absolute atomic E-state index is 13.4. The van der Waals surface area contributed by atoms with E-state index in [1.165, 1.54) is 12.0 Å². The second-order valence-corrected chi connectivity index (χ2v) is 7.45. The van der Waals surface area contributed by atoms with Gasteiger partial charge in [-0.1, -0.05) is 44.4 Å². The summed E-state index contributed by atoms with van der Waals surface area (Å²) in [4.78, 5) is 27.6. The van der Waals surface area contributed by atoms with Crippen LogP contribution in [0.4, 0.5) is 5.69 Å². The number of benzene rings is 1. The number of para-hydroxylation sites is 1. The lowest BCUT2D eigenvalue weighted by atomic mass is 9.57. The minimum atomic E-state index is -1.15. The molecule has 4 nitrogen and oxygen atoms in total. The Labute approximate surface area is 138 Å². The first-order valence-corrected chi connectivity index (χ1v) is 8.60. The molecule has 1 atom stereocenters. The molecule has 1 aliphatic heterocycles. The van der Waals surface area contributed by atoms with Gasteiger partial charge in [0.15, 0.2) is 0 Å². The summed E-state index contributed by atoms with van der Waals surface area (Å²) in [6.07, 6.45) is 5.90. The van der Waals surface area contributed by atoms with Crippen LogP contribution in [0.1, 0.15) is 51.5 Å². The number of carbonyl (C=O) groups is 2. The molecule has 1 aromatic carbocycles. The van der Waals surface area contributed by atoms with Gasteiger partial charge in [0, 0.05) is 12.2 Å². The maximum atomic E-state index is 13.4. The summed E-state index contributed by atoms with van der Waals surface area (Å²) in [6.45, 7) is 4.47. The van der Waals surface area contributed by atoms with Gasteiger partial charge in [0.2, 0.25) is 11.8 Å². The third-order valence-electron chi connectivity index (χ3n) is 6.22. The van der Waals surface area contributed by atoms with Gasteiger partial charge in [-0.05, 0) is 43.2 Å². The van der Waals surface area contributed by atoms with Crippen molar-refractivity contribution in [3.8, 4) is 0 Å². The van der Waals surface area contributed by atoms with Crippen LogP contribution in [0, 0.1) is 10.8 Å². The van der Waals surface area contributed by atoms with Gasteiger partial charge >= 0.3 is 0 Å². The number of hydrogen-bond acceptors (Lipinski definition) is 2. The fourth-order valence-corrected chi connectivity index (χ4v) is 4.31. The fourth-order valence-electron chi connectivity index (χ4n) is 4.31. The van der Waals surface area contributed by atoms with Crippen molar-refractivity contribution in [1.29, 1.82) is 0 Å². The summed E-state index contributed by atoms with van der Waals surface area (Å²) in [5.41, 5.74) is 6.39. The summed E-state index contributed by atoms with van der Waals surface area (Å²) in [5, 5.41) is 0. The lowest BCUT2D eigenvalue weighted by Crippen LogP contribution is -2.58. The average molecular weight is 314 g/mol. The molecule has 0 saturated heterocycles. The standard InChI is InChI=1S/C19H26N2O2/c1-18(11-6-3-7-12-18)19(2,16(20)22)17(23)21-13-10-14-8-4-5-9-15(14)21/h4-5,8-9H,3,6-7,10-13H2,1-2H3,(H2,20,22). The van der Waals surface area contributed by atoms with E-state index in [1.54, 1.807) is 11.8 Å². The van der Waals surface area contributed by atoms with Gasteiger partial charge in [0.25, 0.3) is 0 Å². The van der Waals surface area contributed by atoms with Crippen LogP contribution < -0.4 is 10.6 Å². The van der Waals surface area contributed by atoms with Crippen LogP contribution in [0.15, 0.2) is 24.3 Å². The van der Waals surface area contributed by atoms with E-state index in [9.17, 15) is 9.59 Å². The van der Waals surface area contributed by atoms with Crippen molar-refractivity contribution in [2.45, 2.75) is 52.4 Å². The molecule has 23 heavy (non-hydrogen) atoms. The Kier molecular flexibility index (Phi) is 3.95. The Balaban J connectivity index is 1.99. The number of nitrogens with two attached hydrogens (primary N) is 1. The molecule has 2 aliphatic rings. The highest BCUT2D eigenvalue weighted by Crippen LogP contribution is 2.51. The van der Waals surface area contributed by atoms with Crippen molar-refractivity contribution < 1.29 is 9.59 Å². The summed E-state index contributed by atoms with van der Waals surface area (Å²) >= 11 is 0. The largest absolute Gasteiger partial charge is 0.369 e. The zero-order valence-electron chi connectivity index (χ0n) is 14.1. The van der Waals surface area contributed by atoms with Crippen LogP contribution in [0.5, 0.6) is 0 Å². The zero-order chi connectivity index (χ0) is 16.7. The van der Waals surface area contributed by atoms with E-state index < -0.39 is 11.3 Å². The number of nitrogens with zero attached hydrogens (tertiary/aromatic N) is 1. The first-order chi connectivity index (χ1) is 10.9. The highest BCUT2D eigenvalue weighted by Gasteiger charge is 2.56. The van der Waals surface area contributed by atoms with E-state index in [0.29, 0.717) is 6.54 Å². The number of hydrogen-bond donors (Lipinski definition) is 1. The van der Waals surface area contributed by atoms with Gasteiger partial charge in [-0.25, -0.2) is 0 Å². The molecule has 124 valence electrons. The van der Waals surface area contributed by atoms with Gasteiger partial charge in [0.1, 0.15) is 5.41 Å². The van der Waals surface area contributed by atoms with Gasteiger partial charge in [-0.15, -0.1) is 0 Å². The second kappa shape index (κ2) is 5.66. The Morgan fingerprint density at radius 2 is 1.83 bits per heavy atom. The van der Waals surface area contributed by atoms with Gasteiger partial charge < -0.3 is 10.6 Å². The lowest BCUT2D eigenvalue weighted by molar-refractivity contribution is -0.149. The Morgan fingerprint density at radius 1 is 1.17 bits per heavy atom. The lowest BCUT2D eigenvalue weighted by Gasteiger charge is -2.47. The molecule has 3 rings (SSSR count). The summed E-state index contributed by atoms with van der Waals surface area (Å²) in [7, 11) is 0. The van der Waals surface area contributed by atoms with Gasteiger partial charge in [0.05, 0.1) is 0 Å². The van der Waals surface area contributed by atoms with Crippen LogP contribution in [0.25, 0.3) is 0 Å². The summed E-state index contributed by atoms with van der Waals surface area (Å²) in [5.74, 6) is -0.615. The van der Waals surface area contributed by atoms with Crippen LogP contribution >= 0.6 is 0 Å². The van der Waals surface area contributed by atoms with Crippen molar-refractivity contribution in [3.05, 3.63) is 29.8 Å². The maximum Gasteiger partial charge on any atom is 0.242 e. The van der Waals surface area contributed by atoms with Crippen LogP contribution in [0.2, 0.25) is 0 Å². The molecule has 1 heterocycles. The van der Waals surface area contributed by atoms with E-state index in [4.69, 9.17) is 5.73 Å². The number of primary amides is 1. The normalized spacial score (nSPS) is 22.3. The molecule has 0 bridgehead atoms. The molecule has 1 aromatic rings. The van der Waals surface area contributed by atoms with E-state index in [1.807, 2.05) is 24.3 Å². The molecule has 1 unspecified atom stereocenters. The van der Waals surface area contributed by atoms with Crippen molar-refractivity contribution in [2.24, 2.45) is 16.6 Å².